The molecule has 2 rings (SSSR count). The number of hydrogen-bond acceptors (Lipinski definition) is 5. The lowest BCUT2D eigenvalue weighted by atomic mass is 10.1. The first-order valence-corrected chi connectivity index (χ1v) is 5.56. The highest BCUT2D eigenvalue weighted by molar-refractivity contribution is 5.85. The lowest BCUT2D eigenvalue weighted by molar-refractivity contribution is 0.0224. The predicted octanol–water partition coefficient (Wildman–Crippen LogP) is 1.18. The van der Waals surface area contributed by atoms with Gasteiger partial charge in [-0.3, -0.25) is 4.98 Å². The Morgan fingerprint density at radius 1 is 1.41 bits per heavy atom. The Morgan fingerprint density at radius 3 is 2.94 bits per heavy atom. The van der Waals surface area contributed by atoms with Crippen LogP contribution in [0.4, 0.5) is 0 Å². The van der Waals surface area contributed by atoms with Crippen molar-refractivity contribution in [3.8, 4) is 5.88 Å². The summed E-state index contributed by atoms with van der Waals surface area (Å²) in [4.78, 5) is 8.28. The zero-order chi connectivity index (χ0) is 11.2. The van der Waals surface area contributed by atoms with Crippen molar-refractivity contribution in [1.29, 1.82) is 0 Å². The van der Waals surface area contributed by atoms with Gasteiger partial charge in [-0.15, -0.1) is 12.4 Å². The molecular weight excluding hydrogens is 242 g/mol. The van der Waals surface area contributed by atoms with Crippen LogP contribution < -0.4 is 10.1 Å². The summed E-state index contributed by atoms with van der Waals surface area (Å²) in [5, 5.41) is 3.31. The Hall–Kier alpha value is -0.910. The summed E-state index contributed by atoms with van der Waals surface area (Å²) < 4.78 is 10.9. The van der Waals surface area contributed by atoms with Crippen molar-refractivity contribution >= 4 is 12.4 Å². The van der Waals surface area contributed by atoms with Crippen molar-refractivity contribution in [2.24, 2.45) is 0 Å². The quantitative estimate of drug-likeness (QED) is 0.880. The minimum absolute atomic E-state index is 0. The molecule has 1 fully saturated rings. The number of nitrogens with zero attached hydrogens (tertiary/aromatic N) is 2. The van der Waals surface area contributed by atoms with E-state index in [1.54, 1.807) is 19.5 Å². The van der Waals surface area contributed by atoms with Gasteiger partial charge in [0.15, 0.2) is 0 Å². The lowest BCUT2D eigenvalue weighted by Gasteiger charge is -2.22. The third-order valence-corrected chi connectivity index (χ3v) is 2.64. The minimum atomic E-state index is 0. The van der Waals surface area contributed by atoms with E-state index in [0.717, 1.165) is 25.2 Å². The van der Waals surface area contributed by atoms with Crippen molar-refractivity contribution < 1.29 is 9.47 Å². The molecule has 1 atom stereocenters. The van der Waals surface area contributed by atoms with Crippen molar-refractivity contribution in [1.82, 2.24) is 15.3 Å². The van der Waals surface area contributed by atoms with Crippen LogP contribution in [0.3, 0.4) is 0 Å². The largest absolute Gasteiger partial charge is 0.480 e. The molecule has 0 unspecified atom stereocenters. The van der Waals surface area contributed by atoms with Crippen molar-refractivity contribution in [3.63, 3.8) is 0 Å². The minimum Gasteiger partial charge on any atom is -0.480 e. The second-order valence-electron chi connectivity index (χ2n) is 3.79. The third kappa shape index (κ3) is 4.11. The molecule has 0 aliphatic carbocycles. The van der Waals surface area contributed by atoms with Gasteiger partial charge in [-0.1, -0.05) is 0 Å². The fourth-order valence-corrected chi connectivity index (χ4v) is 1.78. The van der Waals surface area contributed by atoms with Crippen LogP contribution in [0.5, 0.6) is 5.88 Å². The maximum atomic E-state index is 5.77. The average molecular weight is 260 g/mol. The molecule has 0 amide bonds. The summed E-state index contributed by atoms with van der Waals surface area (Å²) in [5.41, 5.74) is 0.760. The van der Waals surface area contributed by atoms with Crippen LogP contribution in [0.25, 0.3) is 0 Å². The molecular formula is C11H18ClN3O2. The smallest absolute Gasteiger partial charge is 0.237 e. The highest BCUT2D eigenvalue weighted by Crippen LogP contribution is 2.14. The Labute approximate surface area is 107 Å². The number of piperidine rings is 1. The highest BCUT2D eigenvalue weighted by atomic mass is 35.5. The van der Waals surface area contributed by atoms with Gasteiger partial charge in [0.2, 0.25) is 5.88 Å². The number of nitrogens with one attached hydrogen (secondary N) is 1. The van der Waals surface area contributed by atoms with Crippen LogP contribution in [-0.4, -0.2) is 36.3 Å². The molecule has 1 aromatic heterocycles. The molecule has 1 aromatic rings. The van der Waals surface area contributed by atoms with E-state index in [4.69, 9.17) is 9.47 Å². The summed E-state index contributed by atoms with van der Waals surface area (Å²) in [7, 11) is 1.59. The SMILES string of the molecule is COc1nccnc1CO[C@H]1CCCNC1.Cl. The van der Waals surface area contributed by atoms with Gasteiger partial charge in [0.05, 0.1) is 19.8 Å². The monoisotopic (exact) mass is 259 g/mol. The predicted molar refractivity (Wildman–Crippen MR) is 66.5 cm³/mol. The van der Waals surface area contributed by atoms with E-state index in [1.165, 1.54) is 6.42 Å². The zero-order valence-electron chi connectivity index (χ0n) is 9.89. The Balaban J connectivity index is 0.00000144. The first-order chi connectivity index (χ1) is 7.90. The first kappa shape index (κ1) is 14.2. The summed E-state index contributed by atoms with van der Waals surface area (Å²) in [6.07, 6.45) is 5.82. The van der Waals surface area contributed by atoms with Gasteiger partial charge in [0.25, 0.3) is 0 Å². The Bertz CT molecular complexity index is 332. The molecule has 1 saturated heterocycles. The maximum absolute atomic E-state index is 5.77. The molecule has 1 N–H and O–H groups in total. The molecule has 0 radical (unpaired) electrons. The Morgan fingerprint density at radius 2 is 2.24 bits per heavy atom. The summed E-state index contributed by atoms with van der Waals surface area (Å²) in [6.45, 7) is 2.47. The Kier molecular flexibility index (Phi) is 6.18. The van der Waals surface area contributed by atoms with Gasteiger partial charge < -0.3 is 14.8 Å². The van der Waals surface area contributed by atoms with Crippen molar-refractivity contribution in [3.05, 3.63) is 18.1 Å². The molecule has 1 aliphatic heterocycles. The van der Waals surface area contributed by atoms with E-state index in [1.807, 2.05) is 0 Å². The molecule has 0 spiro atoms. The molecule has 6 heteroatoms. The first-order valence-electron chi connectivity index (χ1n) is 5.56. The van der Waals surface area contributed by atoms with Crippen molar-refractivity contribution in [2.75, 3.05) is 20.2 Å². The molecule has 5 nitrogen and oxygen atoms in total. The fourth-order valence-electron chi connectivity index (χ4n) is 1.78. The molecule has 0 saturated carbocycles. The summed E-state index contributed by atoms with van der Waals surface area (Å²) >= 11 is 0. The van der Waals surface area contributed by atoms with Crippen LogP contribution in [-0.2, 0) is 11.3 Å². The number of halogens is 1. The van der Waals surface area contributed by atoms with Gasteiger partial charge in [-0.2, -0.15) is 0 Å². The van der Waals surface area contributed by atoms with Crippen LogP contribution in [0.2, 0.25) is 0 Å². The van der Waals surface area contributed by atoms with E-state index in [-0.39, 0.29) is 18.5 Å². The zero-order valence-corrected chi connectivity index (χ0v) is 10.7. The normalized spacial score (nSPS) is 19.5. The van der Waals surface area contributed by atoms with E-state index in [0.29, 0.717) is 12.5 Å². The van der Waals surface area contributed by atoms with Gasteiger partial charge >= 0.3 is 0 Å². The average Bonchev–Trinajstić information content (AvgIpc) is 2.38. The van der Waals surface area contributed by atoms with Crippen LogP contribution in [0, 0.1) is 0 Å². The number of ether oxygens (including phenoxy) is 2. The van der Waals surface area contributed by atoms with E-state index < -0.39 is 0 Å². The van der Waals surface area contributed by atoms with Crippen LogP contribution in [0.1, 0.15) is 18.5 Å². The van der Waals surface area contributed by atoms with Gasteiger partial charge in [-0.05, 0) is 19.4 Å². The lowest BCUT2D eigenvalue weighted by Crippen LogP contribution is -2.35. The van der Waals surface area contributed by atoms with Gasteiger partial charge in [0.1, 0.15) is 5.69 Å². The number of hydrogen-bond donors (Lipinski definition) is 1. The van der Waals surface area contributed by atoms with Crippen LogP contribution in [0.15, 0.2) is 12.4 Å². The summed E-state index contributed by atoms with van der Waals surface area (Å²) in [6, 6.07) is 0. The fraction of sp³-hybridized carbons (Fsp3) is 0.636. The van der Waals surface area contributed by atoms with Crippen molar-refractivity contribution in [2.45, 2.75) is 25.6 Å². The third-order valence-electron chi connectivity index (χ3n) is 2.64. The number of methoxy groups -OCH3 is 1. The molecule has 96 valence electrons. The molecule has 17 heavy (non-hydrogen) atoms. The standard InChI is InChI=1S/C11H17N3O2.ClH/c1-15-11-10(13-5-6-14-11)8-16-9-3-2-4-12-7-9;/h5-6,9,12H,2-4,7-8H2,1H3;1H/t9-;/m0./s1. The highest BCUT2D eigenvalue weighted by Gasteiger charge is 2.14. The number of rotatable bonds is 4. The maximum Gasteiger partial charge on any atom is 0.237 e. The van der Waals surface area contributed by atoms with E-state index in [9.17, 15) is 0 Å². The van der Waals surface area contributed by atoms with E-state index >= 15 is 0 Å². The molecule has 0 aromatic carbocycles. The summed E-state index contributed by atoms with van der Waals surface area (Å²) in [5.74, 6) is 0.547. The topological polar surface area (TPSA) is 56.3 Å². The van der Waals surface area contributed by atoms with E-state index in [2.05, 4.69) is 15.3 Å². The second kappa shape index (κ2) is 7.42. The van der Waals surface area contributed by atoms with Gasteiger partial charge in [0, 0.05) is 18.9 Å². The van der Waals surface area contributed by atoms with Crippen LogP contribution >= 0.6 is 12.4 Å². The van der Waals surface area contributed by atoms with Gasteiger partial charge in [-0.25, -0.2) is 4.98 Å². The molecule has 2 heterocycles. The number of aromatic nitrogens is 2. The molecule has 0 bridgehead atoms. The second-order valence-corrected chi connectivity index (χ2v) is 3.79. The molecule has 1 aliphatic rings.